The molecule has 2 unspecified atom stereocenters. The van der Waals surface area contributed by atoms with Gasteiger partial charge in [-0.15, -0.1) is 0 Å². The van der Waals surface area contributed by atoms with Crippen LogP contribution in [0.1, 0.15) is 24.8 Å². The summed E-state index contributed by atoms with van der Waals surface area (Å²) in [5, 5.41) is 0. The van der Waals surface area contributed by atoms with E-state index in [-0.39, 0.29) is 0 Å². The zero-order valence-corrected chi connectivity index (χ0v) is 30.1. The smallest absolute Gasteiger partial charge is 0.164 e. The number of aromatic nitrogens is 6. The summed E-state index contributed by atoms with van der Waals surface area (Å²) in [6.45, 7) is 0. The highest BCUT2D eigenvalue weighted by atomic mass is 15.0. The number of benzene rings is 6. The van der Waals surface area contributed by atoms with E-state index in [0.29, 0.717) is 40.4 Å². The van der Waals surface area contributed by atoms with Gasteiger partial charge in [-0.3, -0.25) is 0 Å². The van der Waals surface area contributed by atoms with Gasteiger partial charge in [0.25, 0.3) is 0 Å². The molecule has 55 heavy (non-hydrogen) atoms. The quantitative estimate of drug-likeness (QED) is 0.156. The molecule has 3 aliphatic rings. The van der Waals surface area contributed by atoms with Crippen LogP contribution in [0.2, 0.25) is 0 Å². The molecule has 8 aromatic rings. The van der Waals surface area contributed by atoms with Gasteiger partial charge in [-0.1, -0.05) is 146 Å². The maximum Gasteiger partial charge on any atom is 0.164 e. The van der Waals surface area contributed by atoms with Crippen LogP contribution in [0.5, 0.6) is 0 Å². The number of hydrogen-bond acceptors (Lipinski definition) is 6. The molecule has 0 saturated heterocycles. The minimum absolute atomic E-state index is 0.362. The minimum Gasteiger partial charge on any atom is -0.208 e. The Hall–Kier alpha value is -6.66. The van der Waals surface area contributed by atoms with Crippen molar-refractivity contribution in [1.29, 1.82) is 0 Å². The molecule has 3 saturated carbocycles. The summed E-state index contributed by atoms with van der Waals surface area (Å²) in [4.78, 5) is 30.4. The van der Waals surface area contributed by atoms with E-state index in [4.69, 9.17) is 29.9 Å². The van der Waals surface area contributed by atoms with E-state index in [1.54, 1.807) is 0 Å². The summed E-state index contributed by atoms with van der Waals surface area (Å²) in [6.07, 6.45) is 4.08. The third-order valence-electron chi connectivity index (χ3n) is 12.1. The average Bonchev–Trinajstić information content (AvgIpc) is 3.27. The SMILES string of the molecule is c1ccc(-c2cccc(-c3nc(-c4ccccc4)nc(-c4cccc(-c5nc(-c6ccccc6)nc(-c6cccc(C78CC9CC(C7)C98)c6)n5)c4)n3)c2)cc1. The first-order valence-electron chi connectivity index (χ1n) is 19.2. The molecule has 11 rings (SSSR count). The molecule has 0 aliphatic heterocycles. The molecule has 2 aromatic heterocycles. The van der Waals surface area contributed by atoms with Crippen LogP contribution in [0, 0.1) is 17.8 Å². The Labute approximate surface area is 320 Å². The van der Waals surface area contributed by atoms with Gasteiger partial charge in [0.05, 0.1) is 0 Å². The highest BCUT2D eigenvalue weighted by Crippen LogP contribution is 2.77. The van der Waals surface area contributed by atoms with Crippen molar-refractivity contribution < 1.29 is 0 Å². The lowest BCUT2D eigenvalue weighted by Gasteiger charge is -2.76. The van der Waals surface area contributed by atoms with Gasteiger partial charge in [0.15, 0.2) is 34.9 Å². The van der Waals surface area contributed by atoms with E-state index in [9.17, 15) is 0 Å². The summed E-state index contributed by atoms with van der Waals surface area (Å²) < 4.78 is 0. The third kappa shape index (κ3) is 5.47. The first kappa shape index (κ1) is 31.8. The lowest BCUT2D eigenvalue weighted by molar-refractivity contribution is -0.219. The molecule has 3 fully saturated rings. The largest absolute Gasteiger partial charge is 0.208 e. The summed E-state index contributed by atoms with van der Waals surface area (Å²) in [5.74, 6) is 6.49. The highest BCUT2D eigenvalue weighted by molar-refractivity contribution is 5.74. The van der Waals surface area contributed by atoms with Crippen LogP contribution in [0.25, 0.3) is 79.5 Å². The van der Waals surface area contributed by atoms with E-state index in [0.717, 1.165) is 62.3 Å². The van der Waals surface area contributed by atoms with Crippen molar-refractivity contribution in [2.45, 2.75) is 24.7 Å². The van der Waals surface area contributed by atoms with E-state index >= 15 is 0 Å². The van der Waals surface area contributed by atoms with E-state index in [1.165, 1.54) is 24.8 Å². The van der Waals surface area contributed by atoms with E-state index in [1.807, 2.05) is 66.7 Å². The van der Waals surface area contributed by atoms with Gasteiger partial charge in [-0.2, -0.15) is 0 Å². The van der Waals surface area contributed by atoms with Crippen LogP contribution in [-0.2, 0) is 5.41 Å². The Balaban J connectivity index is 1.01. The van der Waals surface area contributed by atoms with Gasteiger partial charge in [0.1, 0.15) is 0 Å². The summed E-state index contributed by atoms with van der Waals surface area (Å²) in [6, 6.07) is 56.2. The molecule has 0 amide bonds. The van der Waals surface area contributed by atoms with Crippen molar-refractivity contribution in [3.8, 4) is 79.5 Å². The summed E-state index contributed by atoms with van der Waals surface area (Å²) in [5.41, 5.74) is 9.58. The van der Waals surface area contributed by atoms with E-state index < -0.39 is 0 Å². The number of nitrogens with zero attached hydrogens (tertiary/aromatic N) is 6. The van der Waals surface area contributed by atoms with Crippen LogP contribution in [0.4, 0.5) is 0 Å². The fourth-order valence-corrected chi connectivity index (χ4v) is 9.53. The van der Waals surface area contributed by atoms with Gasteiger partial charge in [-0.05, 0) is 77.3 Å². The Morgan fingerprint density at radius 2 is 0.673 bits per heavy atom. The van der Waals surface area contributed by atoms with Gasteiger partial charge in [-0.25, -0.2) is 29.9 Å². The molecule has 6 nitrogen and oxygen atoms in total. The van der Waals surface area contributed by atoms with Crippen molar-refractivity contribution in [1.82, 2.24) is 29.9 Å². The minimum atomic E-state index is 0.362. The van der Waals surface area contributed by atoms with Crippen molar-refractivity contribution in [2.24, 2.45) is 17.8 Å². The predicted molar refractivity (Wildman–Crippen MR) is 217 cm³/mol. The second-order valence-corrected chi connectivity index (χ2v) is 15.3. The highest BCUT2D eigenvalue weighted by Gasteiger charge is 2.71. The molecule has 0 N–H and O–H groups in total. The van der Waals surface area contributed by atoms with Crippen LogP contribution in [-0.4, -0.2) is 29.9 Å². The third-order valence-corrected chi connectivity index (χ3v) is 12.1. The maximum absolute atomic E-state index is 5.16. The zero-order valence-electron chi connectivity index (χ0n) is 30.1. The lowest BCUT2D eigenvalue weighted by atomic mass is 9.28. The monoisotopic (exact) mass is 708 g/mol. The normalized spacial score (nSPS) is 20.4. The molecule has 2 atom stereocenters. The first-order valence-corrected chi connectivity index (χ1v) is 19.2. The topological polar surface area (TPSA) is 77.3 Å². The molecule has 3 aliphatic carbocycles. The zero-order chi connectivity index (χ0) is 36.3. The molecule has 2 heterocycles. The molecule has 0 bridgehead atoms. The van der Waals surface area contributed by atoms with Crippen molar-refractivity contribution in [2.75, 3.05) is 0 Å². The van der Waals surface area contributed by atoms with Crippen molar-refractivity contribution in [3.05, 3.63) is 169 Å². The van der Waals surface area contributed by atoms with E-state index in [2.05, 4.69) is 97.1 Å². The van der Waals surface area contributed by atoms with Crippen LogP contribution < -0.4 is 0 Å². The van der Waals surface area contributed by atoms with Gasteiger partial charge >= 0.3 is 0 Å². The Morgan fingerprint density at radius 3 is 1.11 bits per heavy atom. The molecule has 0 spiro atoms. The van der Waals surface area contributed by atoms with Crippen LogP contribution >= 0.6 is 0 Å². The molecule has 6 heteroatoms. The maximum atomic E-state index is 5.16. The summed E-state index contributed by atoms with van der Waals surface area (Å²) >= 11 is 0. The molecule has 0 radical (unpaired) electrons. The van der Waals surface area contributed by atoms with Crippen LogP contribution in [0.15, 0.2) is 164 Å². The van der Waals surface area contributed by atoms with Gasteiger partial charge in [0.2, 0.25) is 0 Å². The molecule has 6 aromatic carbocycles. The Bertz CT molecular complexity index is 2700. The second-order valence-electron chi connectivity index (χ2n) is 15.3. The molecule has 262 valence electrons. The fourth-order valence-electron chi connectivity index (χ4n) is 9.53. The second kappa shape index (κ2) is 12.7. The average molecular weight is 709 g/mol. The number of hydrogen-bond donors (Lipinski definition) is 0. The van der Waals surface area contributed by atoms with Gasteiger partial charge < -0.3 is 0 Å². The van der Waals surface area contributed by atoms with Crippen molar-refractivity contribution >= 4 is 0 Å². The van der Waals surface area contributed by atoms with Crippen molar-refractivity contribution in [3.63, 3.8) is 0 Å². The summed E-state index contributed by atoms with van der Waals surface area (Å²) in [7, 11) is 0. The Morgan fingerprint density at radius 1 is 0.327 bits per heavy atom. The molecular formula is C49H36N6. The Kier molecular flexibility index (Phi) is 7.37. The first-order chi connectivity index (χ1) is 27.2. The van der Waals surface area contributed by atoms with Gasteiger partial charge in [0, 0.05) is 33.4 Å². The fraction of sp³-hybridized carbons (Fsp3) is 0.143. The number of rotatable bonds is 8. The molecular weight excluding hydrogens is 673 g/mol. The van der Waals surface area contributed by atoms with Crippen LogP contribution in [0.3, 0.4) is 0 Å². The predicted octanol–water partition coefficient (Wildman–Crippen LogP) is 11.0. The standard InChI is InChI=1S/C49H36N6/c1-4-13-31(14-5-1)34-19-10-20-35(25-34)45-50-43(32-15-6-2-7-16-32)51-46(54-45)36-21-11-22-37(26-36)47-52-44(33-17-8-3-9-18-33)53-48(55-47)38-23-12-24-41(28-38)49-29-39-27-40(30-49)42(39)49/h1-26,28,39-40,42H,27,29-30H2. The lowest BCUT2D eigenvalue weighted by Crippen LogP contribution is -2.71.